The predicted octanol–water partition coefficient (Wildman–Crippen LogP) is 2.50. The molecule has 0 unspecified atom stereocenters. The number of nitrogen functional groups attached to an aromatic ring is 1. The van der Waals surface area contributed by atoms with Crippen molar-refractivity contribution < 1.29 is 4.52 Å². The van der Waals surface area contributed by atoms with Crippen LogP contribution in [0.1, 0.15) is 11.4 Å². The van der Waals surface area contributed by atoms with E-state index in [1.54, 1.807) is 12.3 Å². The highest BCUT2D eigenvalue weighted by Gasteiger charge is 2.09. The summed E-state index contributed by atoms with van der Waals surface area (Å²) >= 11 is 0. The largest absolute Gasteiger partial charge is 0.384 e. The molecule has 20 heavy (non-hydrogen) atoms. The average molecular weight is 266 g/mol. The molecule has 0 saturated heterocycles. The molecule has 0 aliphatic carbocycles. The molecule has 1 aromatic carbocycles. The third kappa shape index (κ3) is 2.83. The fourth-order valence-electron chi connectivity index (χ4n) is 1.91. The third-order valence-electron chi connectivity index (χ3n) is 2.98. The van der Waals surface area contributed by atoms with E-state index in [0.717, 1.165) is 18.4 Å². The minimum atomic E-state index is 0.470. The van der Waals surface area contributed by atoms with Crippen LogP contribution in [0.15, 0.2) is 53.2 Å². The van der Waals surface area contributed by atoms with Crippen LogP contribution in [-0.4, -0.2) is 15.1 Å². The van der Waals surface area contributed by atoms with Gasteiger partial charge in [-0.3, -0.25) is 0 Å². The summed E-state index contributed by atoms with van der Waals surface area (Å²) in [6.07, 6.45) is 3.26. The van der Waals surface area contributed by atoms with Crippen molar-refractivity contribution in [3.05, 3.63) is 60.0 Å². The van der Waals surface area contributed by atoms with Crippen LogP contribution in [0.2, 0.25) is 0 Å². The standard InChI is InChI=1S/C15H14N4O/c16-13-8-7-12(10-17-13)15-18-14(19-20-15)9-6-11-4-2-1-3-5-11/h1-5,7-8,10H,6,9H2,(H2,16,17). The maximum Gasteiger partial charge on any atom is 0.259 e. The summed E-state index contributed by atoms with van der Waals surface area (Å²) in [5, 5.41) is 3.98. The highest BCUT2D eigenvalue weighted by molar-refractivity contribution is 5.53. The Balaban J connectivity index is 1.69. The molecule has 2 aromatic heterocycles. The second kappa shape index (κ2) is 5.52. The smallest absolute Gasteiger partial charge is 0.259 e. The van der Waals surface area contributed by atoms with Gasteiger partial charge in [-0.2, -0.15) is 4.98 Å². The molecule has 0 amide bonds. The van der Waals surface area contributed by atoms with Crippen LogP contribution in [0, 0.1) is 0 Å². The van der Waals surface area contributed by atoms with Gasteiger partial charge in [0.25, 0.3) is 5.89 Å². The van der Waals surface area contributed by atoms with Gasteiger partial charge in [0.1, 0.15) is 5.82 Å². The number of hydrogen-bond donors (Lipinski definition) is 1. The summed E-state index contributed by atoms with van der Waals surface area (Å²) in [6.45, 7) is 0. The first-order valence-electron chi connectivity index (χ1n) is 6.40. The molecule has 2 heterocycles. The van der Waals surface area contributed by atoms with Crippen molar-refractivity contribution in [2.75, 3.05) is 5.73 Å². The highest BCUT2D eigenvalue weighted by Crippen LogP contribution is 2.17. The van der Waals surface area contributed by atoms with E-state index in [9.17, 15) is 0 Å². The summed E-state index contributed by atoms with van der Waals surface area (Å²) in [7, 11) is 0. The quantitative estimate of drug-likeness (QED) is 0.785. The van der Waals surface area contributed by atoms with E-state index in [2.05, 4.69) is 27.3 Å². The second-order valence-electron chi connectivity index (χ2n) is 4.47. The third-order valence-corrected chi connectivity index (χ3v) is 2.98. The van der Waals surface area contributed by atoms with Crippen molar-refractivity contribution in [3.63, 3.8) is 0 Å². The summed E-state index contributed by atoms with van der Waals surface area (Å²) in [4.78, 5) is 8.37. The Morgan fingerprint density at radius 3 is 2.60 bits per heavy atom. The number of anilines is 1. The summed E-state index contributed by atoms with van der Waals surface area (Å²) in [5.41, 5.74) is 7.58. The van der Waals surface area contributed by atoms with E-state index in [4.69, 9.17) is 10.3 Å². The first-order valence-corrected chi connectivity index (χ1v) is 6.40. The van der Waals surface area contributed by atoms with Crippen molar-refractivity contribution in [1.29, 1.82) is 0 Å². The molecule has 0 saturated carbocycles. The molecular formula is C15H14N4O. The maximum atomic E-state index is 5.54. The lowest BCUT2D eigenvalue weighted by molar-refractivity contribution is 0.422. The van der Waals surface area contributed by atoms with Crippen molar-refractivity contribution in [1.82, 2.24) is 15.1 Å². The Morgan fingerprint density at radius 1 is 1.00 bits per heavy atom. The van der Waals surface area contributed by atoms with Crippen molar-refractivity contribution >= 4 is 5.82 Å². The number of aromatic nitrogens is 3. The van der Waals surface area contributed by atoms with Gasteiger partial charge in [0.15, 0.2) is 5.82 Å². The Bertz CT molecular complexity index is 677. The van der Waals surface area contributed by atoms with Crippen LogP contribution in [-0.2, 0) is 12.8 Å². The fraction of sp³-hybridized carbons (Fsp3) is 0.133. The fourth-order valence-corrected chi connectivity index (χ4v) is 1.91. The van der Waals surface area contributed by atoms with Crippen LogP contribution in [0.25, 0.3) is 11.5 Å². The molecule has 0 bridgehead atoms. The molecule has 0 atom stereocenters. The van der Waals surface area contributed by atoms with E-state index in [1.165, 1.54) is 5.56 Å². The van der Waals surface area contributed by atoms with Gasteiger partial charge in [-0.25, -0.2) is 4.98 Å². The Morgan fingerprint density at radius 2 is 1.85 bits per heavy atom. The van der Waals surface area contributed by atoms with Crippen LogP contribution >= 0.6 is 0 Å². The normalized spacial score (nSPS) is 10.6. The lowest BCUT2D eigenvalue weighted by atomic mass is 10.1. The van der Waals surface area contributed by atoms with Crippen LogP contribution in [0.4, 0.5) is 5.82 Å². The Kier molecular flexibility index (Phi) is 3.41. The number of benzene rings is 1. The van der Waals surface area contributed by atoms with Crippen LogP contribution in [0.3, 0.4) is 0 Å². The molecule has 3 rings (SSSR count). The van der Waals surface area contributed by atoms with Gasteiger partial charge < -0.3 is 10.3 Å². The van der Waals surface area contributed by atoms with Gasteiger partial charge in [-0.05, 0) is 24.1 Å². The molecule has 2 N–H and O–H groups in total. The first kappa shape index (κ1) is 12.3. The minimum Gasteiger partial charge on any atom is -0.384 e. The number of aryl methyl sites for hydroxylation is 2. The molecule has 5 nitrogen and oxygen atoms in total. The summed E-state index contributed by atoms with van der Waals surface area (Å²) in [6, 6.07) is 13.8. The maximum absolute atomic E-state index is 5.54. The highest BCUT2D eigenvalue weighted by atomic mass is 16.5. The predicted molar refractivity (Wildman–Crippen MR) is 75.8 cm³/mol. The topological polar surface area (TPSA) is 77.8 Å². The van der Waals surface area contributed by atoms with Crippen molar-refractivity contribution in [2.45, 2.75) is 12.8 Å². The van der Waals surface area contributed by atoms with Crippen molar-refractivity contribution in [2.24, 2.45) is 0 Å². The molecule has 3 aromatic rings. The van der Waals surface area contributed by atoms with Gasteiger partial charge in [0.2, 0.25) is 0 Å². The van der Waals surface area contributed by atoms with Gasteiger partial charge >= 0.3 is 0 Å². The van der Waals surface area contributed by atoms with E-state index >= 15 is 0 Å². The van der Waals surface area contributed by atoms with Gasteiger partial charge in [-0.1, -0.05) is 35.5 Å². The molecule has 5 heteroatoms. The second-order valence-corrected chi connectivity index (χ2v) is 4.47. The van der Waals surface area contributed by atoms with Crippen molar-refractivity contribution in [3.8, 4) is 11.5 Å². The Labute approximate surface area is 116 Å². The van der Waals surface area contributed by atoms with E-state index < -0.39 is 0 Å². The molecule has 0 spiro atoms. The lowest BCUT2D eigenvalue weighted by Gasteiger charge is -1.96. The number of pyridine rings is 1. The molecule has 0 radical (unpaired) electrons. The van der Waals surface area contributed by atoms with E-state index in [-0.39, 0.29) is 0 Å². The number of hydrogen-bond acceptors (Lipinski definition) is 5. The summed E-state index contributed by atoms with van der Waals surface area (Å²) < 4.78 is 5.24. The molecule has 0 aliphatic rings. The number of nitrogens with zero attached hydrogens (tertiary/aromatic N) is 3. The number of nitrogens with two attached hydrogens (primary N) is 1. The minimum absolute atomic E-state index is 0.470. The monoisotopic (exact) mass is 266 g/mol. The van der Waals surface area contributed by atoms with E-state index in [1.807, 2.05) is 24.3 Å². The molecule has 0 aliphatic heterocycles. The zero-order chi connectivity index (χ0) is 13.8. The Hall–Kier alpha value is -2.69. The summed E-state index contributed by atoms with van der Waals surface area (Å²) in [5.74, 6) is 1.64. The lowest BCUT2D eigenvalue weighted by Crippen LogP contribution is -1.93. The van der Waals surface area contributed by atoms with Crippen LogP contribution in [0.5, 0.6) is 0 Å². The van der Waals surface area contributed by atoms with Gasteiger partial charge in [0.05, 0.1) is 5.56 Å². The number of rotatable bonds is 4. The molecule has 0 fully saturated rings. The molecular weight excluding hydrogens is 252 g/mol. The molecule has 100 valence electrons. The average Bonchev–Trinajstić information content (AvgIpc) is 2.96. The van der Waals surface area contributed by atoms with Crippen LogP contribution < -0.4 is 5.73 Å². The SMILES string of the molecule is Nc1ccc(-c2nc(CCc3ccccc3)no2)cn1. The zero-order valence-electron chi connectivity index (χ0n) is 10.9. The first-order chi connectivity index (χ1) is 9.81. The zero-order valence-corrected chi connectivity index (χ0v) is 10.9. The van der Waals surface area contributed by atoms with E-state index in [0.29, 0.717) is 17.5 Å². The van der Waals surface area contributed by atoms with Gasteiger partial charge in [-0.15, -0.1) is 0 Å². The van der Waals surface area contributed by atoms with Gasteiger partial charge in [0, 0.05) is 12.6 Å².